The van der Waals surface area contributed by atoms with Crippen molar-refractivity contribution in [1.82, 2.24) is 0 Å². The molecular formula is C10H10F4O2. The van der Waals surface area contributed by atoms with E-state index in [4.69, 9.17) is 4.74 Å². The number of ether oxygens (including phenoxy) is 2. The average molecular weight is 238 g/mol. The largest absolute Gasteiger partial charge is 0.490 e. The first-order valence-electron chi connectivity index (χ1n) is 4.54. The highest BCUT2D eigenvalue weighted by Gasteiger charge is 2.42. The lowest BCUT2D eigenvalue weighted by atomic mass is 10.3. The fourth-order valence-corrected chi connectivity index (χ4v) is 1.00. The highest BCUT2D eigenvalue weighted by atomic mass is 19.4. The molecule has 1 aromatic rings. The number of rotatable bonds is 4. The molecule has 0 bridgehead atoms. The van der Waals surface area contributed by atoms with Gasteiger partial charge in [0.1, 0.15) is 0 Å². The third-order valence-corrected chi connectivity index (χ3v) is 1.64. The zero-order valence-electron chi connectivity index (χ0n) is 8.42. The Morgan fingerprint density at radius 3 is 2.25 bits per heavy atom. The summed E-state index contributed by atoms with van der Waals surface area (Å²) in [5.41, 5.74) is 0. The van der Waals surface area contributed by atoms with Gasteiger partial charge in [-0.1, -0.05) is 12.1 Å². The Kier molecular flexibility index (Phi) is 3.98. The second kappa shape index (κ2) is 5.05. The first-order chi connectivity index (χ1) is 7.45. The van der Waals surface area contributed by atoms with E-state index >= 15 is 0 Å². The van der Waals surface area contributed by atoms with Crippen LogP contribution in [0.3, 0.4) is 0 Å². The van der Waals surface area contributed by atoms with E-state index in [2.05, 4.69) is 4.74 Å². The molecule has 90 valence electrons. The Morgan fingerprint density at radius 1 is 1.19 bits per heavy atom. The molecule has 0 saturated carbocycles. The third kappa shape index (κ3) is 3.29. The van der Waals surface area contributed by atoms with Gasteiger partial charge in [-0.3, -0.25) is 0 Å². The van der Waals surface area contributed by atoms with Crippen LogP contribution in [0.15, 0.2) is 24.3 Å². The van der Waals surface area contributed by atoms with Crippen molar-refractivity contribution in [2.45, 2.75) is 19.5 Å². The molecule has 0 aliphatic carbocycles. The monoisotopic (exact) mass is 238 g/mol. The van der Waals surface area contributed by atoms with Crippen LogP contribution in [0, 0.1) is 0 Å². The number of para-hydroxylation sites is 2. The molecule has 0 radical (unpaired) electrons. The van der Waals surface area contributed by atoms with Crippen LogP contribution in [0.5, 0.6) is 11.5 Å². The highest BCUT2D eigenvalue weighted by Crippen LogP contribution is 2.31. The first-order valence-corrected chi connectivity index (χ1v) is 4.54. The third-order valence-electron chi connectivity index (χ3n) is 1.64. The van der Waals surface area contributed by atoms with E-state index < -0.39 is 12.5 Å². The van der Waals surface area contributed by atoms with Gasteiger partial charge >= 0.3 is 12.5 Å². The summed E-state index contributed by atoms with van der Waals surface area (Å²) in [4.78, 5) is 0. The Hall–Kier alpha value is -1.46. The molecule has 0 fully saturated rings. The van der Waals surface area contributed by atoms with E-state index in [-0.39, 0.29) is 18.1 Å². The molecule has 0 heterocycles. The van der Waals surface area contributed by atoms with Crippen LogP contribution in [-0.2, 0) is 0 Å². The van der Waals surface area contributed by atoms with Crippen molar-refractivity contribution in [3.63, 3.8) is 0 Å². The van der Waals surface area contributed by atoms with Crippen molar-refractivity contribution in [3.8, 4) is 11.5 Å². The number of hydrogen-bond acceptors (Lipinski definition) is 2. The van der Waals surface area contributed by atoms with Gasteiger partial charge in [-0.15, -0.1) is 0 Å². The van der Waals surface area contributed by atoms with Crippen LogP contribution >= 0.6 is 0 Å². The van der Waals surface area contributed by atoms with Gasteiger partial charge in [0.15, 0.2) is 11.5 Å². The Morgan fingerprint density at radius 2 is 1.75 bits per heavy atom. The van der Waals surface area contributed by atoms with E-state index in [9.17, 15) is 17.6 Å². The Bertz CT molecular complexity index is 338. The van der Waals surface area contributed by atoms with E-state index in [1.54, 1.807) is 13.0 Å². The second-order valence-electron chi connectivity index (χ2n) is 2.86. The molecule has 0 spiro atoms. The van der Waals surface area contributed by atoms with Crippen LogP contribution in [-0.4, -0.2) is 19.1 Å². The molecule has 1 unspecified atom stereocenters. The lowest BCUT2D eigenvalue weighted by molar-refractivity contribution is -0.236. The maximum absolute atomic E-state index is 12.6. The van der Waals surface area contributed by atoms with Crippen molar-refractivity contribution >= 4 is 0 Å². The molecule has 2 nitrogen and oxygen atoms in total. The molecule has 0 saturated heterocycles. The summed E-state index contributed by atoms with van der Waals surface area (Å²) in [5, 5.41) is 0. The topological polar surface area (TPSA) is 18.5 Å². The van der Waals surface area contributed by atoms with Crippen LogP contribution in [0.25, 0.3) is 0 Å². The molecular weight excluding hydrogens is 228 g/mol. The highest BCUT2D eigenvalue weighted by molar-refractivity contribution is 5.39. The van der Waals surface area contributed by atoms with Gasteiger partial charge in [-0.05, 0) is 19.1 Å². The van der Waals surface area contributed by atoms with Crippen LogP contribution in [0.4, 0.5) is 17.6 Å². The summed E-state index contributed by atoms with van der Waals surface area (Å²) in [5.74, 6) is -0.189. The first kappa shape index (κ1) is 12.6. The van der Waals surface area contributed by atoms with Gasteiger partial charge in [0.25, 0.3) is 0 Å². The van der Waals surface area contributed by atoms with Gasteiger partial charge in [0.2, 0.25) is 0 Å². The predicted molar refractivity (Wildman–Crippen MR) is 49.2 cm³/mol. The SMILES string of the molecule is CCOc1ccccc1OC(F)C(F)(F)F. The van der Waals surface area contributed by atoms with E-state index in [0.717, 1.165) is 0 Å². The normalized spacial score (nSPS) is 13.3. The number of hydrogen-bond donors (Lipinski definition) is 0. The molecule has 0 aliphatic heterocycles. The van der Waals surface area contributed by atoms with Gasteiger partial charge < -0.3 is 9.47 Å². The van der Waals surface area contributed by atoms with Crippen LogP contribution < -0.4 is 9.47 Å². The standard InChI is InChI=1S/C10H10F4O2/c1-2-15-7-5-3-4-6-8(7)16-9(11)10(12,13)14/h3-6,9H,2H2,1H3. The predicted octanol–water partition coefficient (Wildman–Crippen LogP) is 3.32. The van der Waals surface area contributed by atoms with E-state index in [0.29, 0.717) is 0 Å². The van der Waals surface area contributed by atoms with Crippen molar-refractivity contribution in [2.24, 2.45) is 0 Å². The molecule has 1 atom stereocenters. The Balaban J connectivity index is 2.80. The lowest BCUT2D eigenvalue weighted by Gasteiger charge is -2.16. The maximum Gasteiger partial charge on any atom is 0.457 e. The minimum absolute atomic E-state index is 0.0805. The molecule has 0 aromatic heterocycles. The number of benzene rings is 1. The zero-order valence-corrected chi connectivity index (χ0v) is 8.42. The molecule has 0 amide bonds. The van der Waals surface area contributed by atoms with Gasteiger partial charge in [0, 0.05) is 0 Å². The van der Waals surface area contributed by atoms with Crippen molar-refractivity contribution in [2.75, 3.05) is 6.61 Å². The summed E-state index contributed by atoms with van der Waals surface area (Å²) in [6.45, 7) is 1.91. The molecule has 16 heavy (non-hydrogen) atoms. The van der Waals surface area contributed by atoms with E-state index in [1.807, 2.05) is 0 Å². The van der Waals surface area contributed by atoms with Crippen molar-refractivity contribution in [3.05, 3.63) is 24.3 Å². The summed E-state index contributed by atoms with van der Waals surface area (Å²) in [6.07, 6.45) is -8.40. The van der Waals surface area contributed by atoms with E-state index in [1.165, 1.54) is 18.2 Å². The fraction of sp³-hybridized carbons (Fsp3) is 0.400. The summed E-state index contributed by atoms with van der Waals surface area (Å²) >= 11 is 0. The summed E-state index contributed by atoms with van der Waals surface area (Å²) in [6, 6.07) is 5.60. The quantitative estimate of drug-likeness (QED) is 0.749. The number of halogens is 4. The minimum Gasteiger partial charge on any atom is -0.490 e. The Labute approximate surface area is 89.8 Å². The molecule has 1 aromatic carbocycles. The van der Waals surface area contributed by atoms with Crippen LogP contribution in [0.2, 0.25) is 0 Å². The smallest absolute Gasteiger partial charge is 0.457 e. The van der Waals surface area contributed by atoms with Crippen molar-refractivity contribution in [1.29, 1.82) is 0 Å². The molecule has 0 N–H and O–H groups in total. The van der Waals surface area contributed by atoms with Crippen molar-refractivity contribution < 1.29 is 27.0 Å². The van der Waals surface area contributed by atoms with Gasteiger partial charge in [-0.25, -0.2) is 0 Å². The second-order valence-corrected chi connectivity index (χ2v) is 2.86. The summed E-state index contributed by atoms with van der Waals surface area (Å²) < 4.78 is 57.5. The van der Waals surface area contributed by atoms with Gasteiger partial charge in [0.05, 0.1) is 6.61 Å². The fourth-order valence-electron chi connectivity index (χ4n) is 1.00. The summed E-state index contributed by atoms with van der Waals surface area (Å²) in [7, 11) is 0. The minimum atomic E-state index is -5.04. The van der Waals surface area contributed by atoms with Crippen LogP contribution in [0.1, 0.15) is 6.92 Å². The maximum atomic E-state index is 12.6. The average Bonchev–Trinajstić information content (AvgIpc) is 2.20. The molecule has 6 heteroatoms. The zero-order chi connectivity index (χ0) is 12.2. The van der Waals surface area contributed by atoms with Gasteiger partial charge in [-0.2, -0.15) is 17.6 Å². The molecule has 1 rings (SSSR count). The number of alkyl halides is 4. The lowest BCUT2D eigenvalue weighted by Crippen LogP contribution is -2.30. The molecule has 0 aliphatic rings.